The molecular formula is C11H21N3O2. The van der Waals surface area contributed by atoms with Gasteiger partial charge < -0.3 is 16.0 Å². The Kier molecular flexibility index (Phi) is 4.29. The number of amides is 2. The summed E-state index contributed by atoms with van der Waals surface area (Å²) in [5.41, 5.74) is 5.35. The van der Waals surface area contributed by atoms with E-state index < -0.39 is 11.9 Å². The van der Waals surface area contributed by atoms with Crippen LogP contribution in [0.15, 0.2) is 0 Å². The van der Waals surface area contributed by atoms with Crippen molar-refractivity contribution in [3.8, 4) is 0 Å². The molecule has 1 fully saturated rings. The summed E-state index contributed by atoms with van der Waals surface area (Å²) in [6.45, 7) is 7.14. The Balaban J connectivity index is 2.74. The highest BCUT2D eigenvalue weighted by Gasteiger charge is 2.38. The van der Waals surface area contributed by atoms with Gasteiger partial charge in [0.05, 0.1) is 6.04 Å². The Bertz CT molecular complexity index is 278. The molecule has 0 radical (unpaired) electrons. The molecule has 92 valence electrons. The highest BCUT2D eigenvalue weighted by molar-refractivity contribution is 5.90. The van der Waals surface area contributed by atoms with Crippen LogP contribution in [0.3, 0.4) is 0 Å². The van der Waals surface area contributed by atoms with Crippen LogP contribution in [-0.4, -0.2) is 41.9 Å². The molecule has 0 bridgehead atoms. The second kappa shape index (κ2) is 5.30. The van der Waals surface area contributed by atoms with Crippen molar-refractivity contribution in [1.29, 1.82) is 0 Å². The van der Waals surface area contributed by atoms with Gasteiger partial charge in [-0.15, -0.1) is 0 Å². The van der Waals surface area contributed by atoms with Gasteiger partial charge in [0.2, 0.25) is 11.8 Å². The van der Waals surface area contributed by atoms with Crippen molar-refractivity contribution >= 4 is 11.8 Å². The zero-order valence-corrected chi connectivity index (χ0v) is 10.2. The number of carbonyl (C=O) groups excluding carboxylic acids is 2. The summed E-state index contributed by atoms with van der Waals surface area (Å²) in [6, 6.07) is -0.623. The lowest BCUT2D eigenvalue weighted by atomic mass is 10.0. The fourth-order valence-corrected chi connectivity index (χ4v) is 2.26. The smallest absolute Gasteiger partial charge is 0.240 e. The minimum Gasteiger partial charge on any atom is -0.368 e. The molecule has 1 heterocycles. The fraction of sp³-hybridized carbons (Fsp3) is 0.818. The van der Waals surface area contributed by atoms with E-state index in [4.69, 9.17) is 5.73 Å². The predicted octanol–water partition coefficient (Wildman–Crippen LogP) is -0.293. The minimum absolute atomic E-state index is 0.000602. The molecule has 2 atom stereocenters. The van der Waals surface area contributed by atoms with E-state index >= 15 is 0 Å². The van der Waals surface area contributed by atoms with Gasteiger partial charge in [0, 0.05) is 6.54 Å². The number of nitrogens with two attached hydrogens (primary N) is 1. The van der Waals surface area contributed by atoms with Crippen molar-refractivity contribution < 1.29 is 9.59 Å². The van der Waals surface area contributed by atoms with Crippen LogP contribution in [-0.2, 0) is 9.59 Å². The predicted molar refractivity (Wildman–Crippen MR) is 61.6 cm³/mol. The van der Waals surface area contributed by atoms with Crippen LogP contribution in [0.1, 0.15) is 27.2 Å². The Morgan fingerprint density at radius 2 is 2.25 bits per heavy atom. The van der Waals surface area contributed by atoms with Crippen molar-refractivity contribution in [3.05, 3.63) is 0 Å². The maximum atomic E-state index is 12.0. The number of likely N-dealkylation sites (tertiary alicyclic amines) is 1. The number of likely N-dealkylation sites (N-methyl/N-ethyl adjacent to an activating group) is 1. The van der Waals surface area contributed by atoms with Crippen molar-refractivity contribution in [2.45, 2.75) is 39.3 Å². The zero-order chi connectivity index (χ0) is 12.3. The van der Waals surface area contributed by atoms with E-state index in [0.717, 1.165) is 13.0 Å². The van der Waals surface area contributed by atoms with Crippen LogP contribution >= 0.6 is 0 Å². The molecule has 2 unspecified atom stereocenters. The lowest BCUT2D eigenvalue weighted by Gasteiger charge is -2.28. The molecule has 0 spiro atoms. The van der Waals surface area contributed by atoms with Gasteiger partial charge in [-0.3, -0.25) is 9.59 Å². The summed E-state index contributed by atoms with van der Waals surface area (Å²) in [5.74, 6) is -0.360. The third kappa shape index (κ3) is 2.52. The van der Waals surface area contributed by atoms with Crippen molar-refractivity contribution in [1.82, 2.24) is 10.2 Å². The summed E-state index contributed by atoms with van der Waals surface area (Å²) in [4.78, 5) is 25.0. The number of primary amides is 1. The van der Waals surface area contributed by atoms with E-state index in [1.807, 2.05) is 20.8 Å². The Morgan fingerprint density at radius 3 is 2.69 bits per heavy atom. The van der Waals surface area contributed by atoms with E-state index in [0.29, 0.717) is 6.54 Å². The Hall–Kier alpha value is -1.10. The molecule has 5 heteroatoms. The molecule has 1 aliphatic rings. The zero-order valence-electron chi connectivity index (χ0n) is 10.2. The third-order valence-corrected chi connectivity index (χ3v) is 2.95. The van der Waals surface area contributed by atoms with Gasteiger partial charge in [-0.2, -0.15) is 0 Å². The summed E-state index contributed by atoms with van der Waals surface area (Å²) in [6.07, 6.45) is 0.753. The summed E-state index contributed by atoms with van der Waals surface area (Å²) in [7, 11) is 0. The quantitative estimate of drug-likeness (QED) is 0.677. The molecule has 0 aromatic rings. The normalized spacial score (nSPS) is 22.9. The molecular weight excluding hydrogens is 206 g/mol. The lowest BCUT2D eigenvalue weighted by molar-refractivity contribution is -0.138. The molecule has 0 aromatic carbocycles. The molecule has 5 nitrogen and oxygen atoms in total. The highest BCUT2D eigenvalue weighted by atomic mass is 16.2. The van der Waals surface area contributed by atoms with Gasteiger partial charge >= 0.3 is 0 Å². The Labute approximate surface area is 96.4 Å². The maximum Gasteiger partial charge on any atom is 0.240 e. The SMILES string of the molecule is CCNC1CCN(C(C(N)=O)C(C)C)C1=O. The van der Waals surface area contributed by atoms with Gasteiger partial charge in [-0.05, 0) is 18.9 Å². The average molecular weight is 227 g/mol. The number of nitrogens with zero attached hydrogens (tertiary/aromatic N) is 1. The van der Waals surface area contributed by atoms with E-state index in [-0.39, 0.29) is 17.9 Å². The maximum absolute atomic E-state index is 12.0. The van der Waals surface area contributed by atoms with Crippen molar-refractivity contribution in [3.63, 3.8) is 0 Å². The summed E-state index contributed by atoms with van der Waals surface area (Å²) in [5, 5.41) is 3.11. The molecule has 1 aliphatic heterocycles. The number of hydrogen-bond acceptors (Lipinski definition) is 3. The standard InChI is InChI=1S/C11H21N3O2/c1-4-13-8-5-6-14(11(8)16)9(7(2)3)10(12)15/h7-9,13H,4-6H2,1-3H3,(H2,12,15). The van der Waals surface area contributed by atoms with Gasteiger partial charge in [0.1, 0.15) is 6.04 Å². The highest BCUT2D eigenvalue weighted by Crippen LogP contribution is 2.19. The molecule has 16 heavy (non-hydrogen) atoms. The largest absolute Gasteiger partial charge is 0.368 e. The molecule has 0 aromatic heterocycles. The summed E-state index contributed by atoms with van der Waals surface area (Å²) < 4.78 is 0. The van der Waals surface area contributed by atoms with Crippen LogP contribution in [0, 0.1) is 5.92 Å². The summed E-state index contributed by atoms with van der Waals surface area (Å²) >= 11 is 0. The topological polar surface area (TPSA) is 75.4 Å². The number of rotatable bonds is 5. The van der Waals surface area contributed by atoms with Gasteiger partial charge in [-0.25, -0.2) is 0 Å². The van der Waals surface area contributed by atoms with Gasteiger partial charge in [0.25, 0.3) is 0 Å². The van der Waals surface area contributed by atoms with Crippen molar-refractivity contribution in [2.75, 3.05) is 13.1 Å². The van der Waals surface area contributed by atoms with E-state index in [1.54, 1.807) is 4.90 Å². The van der Waals surface area contributed by atoms with Crippen LogP contribution in [0.2, 0.25) is 0 Å². The van der Waals surface area contributed by atoms with Crippen molar-refractivity contribution in [2.24, 2.45) is 11.7 Å². The van der Waals surface area contributed by atoms with Crippen LogP contribution in [0.25, 0.3) is 0 Å². The first kappa shape index (κ1) is 13.0. The Morgan fingerprint density at radius 1 is 1.62 bits per heavy atom. The molecule has 0 saturated carbocycles. The first-order valence-corrected chi connectivity index (χ1v) is 5.82. The van der Waals surface area contributed by atoms with E-state index in [1.165, 1.54) is 0 Å². The molecule has 3 N–H and O–H groups in total. The minimum atomic E-state index is -0.476. The first-order valence-electron chi connectivity index (χ1n) is 5.82. The van der Waals surface area contributed by atoms with Crippen LogP contribution in [0.5, 0.6) is 0 Å². The molecule has 1 saturated heterocycles. The lowest BCUT2D eigenvalue weighted by Crippen LogP contribution is -2.50. The number of nitrogens with one attached hydrogen (secondary N) is 1. The molecule has 0 aliphatic carbocycles. The molecule has 1 rings (SSSR count). The fourth-order valence-electron chi connectivity index (χ4n) is 2.26. The van der Waals surface area contributed by atoms with Gasteiger partial charge in [-0.1, -0.05) is 20.8 Å². The first-order chi connectivity index (χ1) is 7.49. The van der Waals surface area contributed by atoms with Gasteiger partial charge in [0.15, 0.2) is 0 Å². The van der Waals surface area contributed by atoms with Crippen LogP contribution < -0.4 is 11.1 Å². The second-order valence-corrected chi connectivity index (χ2v) is 4.52. The average Bonchev–Trinajstić information content (AvgIpc) is 2.50. The van der Waals surface area contributed by atoms with E-state index in [9.17, 15) is 9.59 Å². The monoisotopic (exact) mass is 227 g/mol. The second-order valence-electron chi connectivity index (χ2n) is 4.52. The molecule has 2 amide bonds. The number of hydrogen-bond donors (Lipinski definition) is 2. The van der Waals surface area contributed by atoms with E-state index in [2.05, 4.69) is 5.32 Å². The third-order valence-electron chi connectivity index (χ3n) is 2.95. The number of carbonyl (C=O) groups is 2. The van der Waals surface area contributed by atoms with Crippen LogP contribution in [0.4, 0.5) is 0 Å².